The van der Waals surface area contributed by atoms with Crippen LogP contribution in [-0.4, -0.2) is 4.49 Å². The third-order valence-corrected chi connectivity index (χ3v) is 2.52. The second-order valence-electron chi connectivity index (χ2n) is 1.84. The number of aromatic nitrogens is 2. The number of nitrogens with zero attached hydrogens (tertiary/aromatic N) is 1. The summed E-state index contributed by atoms with van der Waals surface area (Å²) < 4.78 is 5.98. The number of aryl methyl sites for hydroxylation is 1. The average molecular weight is 161 g/mol. The Balaban J connectivity index is 3.23. The van der Waals surface area contributed by atoms with Crippen LogP contribution >= 0.6 is 23.8 Å². The van der Waals surface area contributed by atoms with Gasteiger partial charge in [0.1, 0.15) is 0 Å². The molecule has 1 N–H and O–H groups in total. The molecule has 0 aliphatic rings. The third-order valence-electron chi connectivity index (χ3n) is 1.25. The van der Waals surface area contributed by atoms with Gasteiger partial charge in [-0.15, -0.1) is 9.17 Å². The van der Waals surface area contributed by atoms with Crippen LogP contribution < -0.4 is 4.68 Å². The van der Waals surface area contributed by atoms with Crippen molar-refractivity contribution >= 4 is 23.8 Å². The Labute approximate surface area is 63.3 Å². The van der Waals surface area contributed by atoms with Gasteiger partial charge in [-0.2, -0.15) is 0 Å². The summed E-state index contributed by atoms with van der Waals surface area (Å²) in [5.41, 5.74) is 1.22. The van der Waals surface area contributed by atoms with E-state index in [9.17, 15) is 0 Å². The first kappa shape index (κ1) is 6.89. The molecule has 0 unspecified atom stereocenters. The van der Waals surface area contributed by atoms with Gasteiger partial charge in [0.05, 0.1) is 0 Å². The Morgan fingerprint density at radius 1 is 1.78 bits per heavy atom. The van der Waals surface area contributed by atoms with E-state index in [1.807, 2.05) is 11.7 Å². The SMILES string of the molecule is CCc1c(=S)s[nH][n+]1C. The van der Waals surface area contributed by atoms with Crippen LogP contribution in [-0.2, 0) is 13.5 Å². The first-order chi connectivity index (χ1) is 4.25. The predicted octanol–water partition coefficient (Wildman–Crippen LogP) is 1.19. The summed E-state index contributed by atoms with van der Waals surface area (Å²) in [7, 11) is 1.98. The standard InChI is InChI=1S/C5H8N2S2/c1-3-4-5(8)9-6-7(4)2/h3H2,1-2H3/p+1. The molecule has 0 amide bonds. The Morgan fingerprint density at radius 3 is 2.67 bits per heavy atom. The molecule has 50 valence electrons. The quantitative estimate of drug-likeness (QED) is 0.484. The molecule has 1 aromatic rings. The van der Waals surface area contributed by atoms with Crippen LogP contribution in [0.1, 0.15) is 12.6 Å². The molecule has 0 saturated carbocycles. The molecular weight excluding hydrogens is 152 g/mol. The van der Waals surface area contributed by atoms with E-state index in [-0.39, 0.29) is 0 Å². The Bertz CT molecular complexity index is 248. The van der Waals surface area contributed by atoms with Gasteiger partial charge in [-0.25, -0.2) is 0 Å². The van der Waals surface area contributed by atoms with E-state index in [1.54, 1.807) is 0 Å². The summed E-state index contributed by atoms with van der Waals surface area (Å²) >= 11 is 6.55. The summed E-state index contributed by atoms with van der Waals surface area (Å²) in [6.45, 7) is 2.10. The van der Waals surface area contributed by atoms with E-state index in [0.29, 0.717) is 0 Å². The molecule has 0 atom stereocenters. The fourth-order valence-electron chi connectivity index (χ4n) is 0.742. The summed E-state index contributed by atoms with van der Waals surface area (Å²) in [6, 6.07) is 0. The average Bonchev–Trinajstić information content (AvgIpc) is 2.12. The number of nitrogens with one attached hydrogen (secondary N) is 1. The van der Waals surface area contributed by atoms with Gasteiger partial charge in [0.25, 0.3) is 0 Å². The highest BCUT2D eigenvalue weighted by Crippen LogP contribution is 1.99. The van der Waals surface area contributed by atoms with Crippen molar-refractivity contribution in [2.45, 2.75) is 13.3 Å². The highest BCUT2D eigenvalue weighted by Gasteiger charge is 2.07. The van der Waals surface area contributed by atoms with Gasteiger partial charge in [-0.1, -0.05) is 19.1 Å². The molecule has 9 heavy (non-hydrogen) atoms. The van der Waals surface area contributed by atoms with Crippen molar-refractivity contribution in [3.63, 3.8) is 0 Å². The molecule has 0 bridgehead atoms. The van der Waals surface area contributed by atoms with Crippen molar-refractivity contribution in [2.24, 2.45) is 7.05 Å². The lowest BCUT2D eigenvalue weighted by molar-refractivity contribution is -0.729. The van der Waals surface area contributed by atoms with Crippen molar-refractivity contribution < 1.29 is 4.68 Å². The van der Waals surface area contributed by atoms with Gasteiger partial charge in [-0.05, 0) is 0 Å². The van der Waals surface area contributed by atoms with Crippen molar-refractivity contribution in [1.82, 2.24) is 4.49 Å². The number of hydrogen-bond acceptors (Lipinski definition) is 2. The maximum Gasteiger partial charge on any atom is 0.236 e. The Kier molecular flexibility index (Phi) is 1.97. The summed E-state index contributed by atoms with van der Waals surface area (Å²) in [5, 5.41) is 0. The lowest BCUT2D eigenvalue weighted by Gasteiger charge is -1.80. The molecule has 0 saturated heterocycles. The smallest absolute Gasteiger partial charge is 0.116 e. The normalized spacial score (nSPS) is 10.0. The van der Waals surface area contributed by atoms with Crippen molar-refractivity contribution in [1.29, 1.82) is 0 Å². The number of hydrogen-bond donors (Lipinski definition) is 1. The number of H-pyrrole nitrogens is 1. The predicted molar refractivity (Wildman–Crippen MR) is 40.1 cm³/mol. The molecule has 1 rings (SSSR count). The van der Waals surface area contributed by atoms with Gasteiger partial charge >= 0.3 is 0 Å². The number of rotatable bonds is 1. The summed E-state index contributed by atoms with van der Waals surface area (Å²) in [4.78, 5) is 0. The van der Waals surface area contributed by atoms with E-state index in [4.69, 9.17) is 12.2 Å². The van der Waals surface area contributed by atoms with Gasteiger partial charge < -0.3 is 0 Å². The highest BCUT2D eigenvalue weighted by molar-refractivity contribution is 7.73. The maximum atomic E-state index is 5.04. The molecule has 0 aliphatic carbocycles. The fourth-order valence-corrected chi connectivity index (χ4v) is 1.86. The lowest BCUT2D eigenvalue weighted by Crippen LogP contribution is -2.33. The van der Waals surface area contributed by atoms with Crippen LogP contribution in [0, 0.1) is 3.82 Å². The summed E-state index contributed by atoms with van der Waals surface area (Å²) in [6.07, 6.45) is 1.01. The molecule has 4 heteroatoms. The van der Waals surface area contributed by atoms with Gasteiger partial charge in [0.15, 0.2) is 10.9 Å². The lowest BCUT2D eigenvalue weighted by atomic mass is 10.4. The van der Waals surface area contributed by atoms with Crippen molar-refractivity contribution in [2.75, 3.05) is 0 Å². The minimum atomic E-state index is 0.972. The van der Waals surface area contributed by atoms with Crippen molar-refractivity contribution in [3.8, 4) is 0 Å². The third kappa shape index (κ3) is 1.19. The molecule has 0 aliphatic heterocycles. The van der Waals surface area contributed by atoms with Crippen molar-refractivity contribution in [3.05, 3.63) is 9.52 Å². The molecule has 0 spiro atoms. The van der Waals surface area contributed by atoms with Gasteiger partial charge in [0.2, 0.25) is 5.69 Å². The van der Waals surface area contributed by atoms with Crippen LogP contribution in [0.5, 0.6) is 0 Å². The van der Waals surface area contributed by atoms with E-state index in [1.165, 1.54) is 17.2 Å². The summed E-state index contributed by atoms with van der Waals surface area (Å²) in [5.74, 6) is 0. The molecule has 0 aromatic carbocycles. The maximum absolute atomic E-state index is 5.04. The largest absolute Gasteiger partial charge is 0.236 e. The Hall–Kier alpha value is -0.220. The topological polar surface area (TPSA) is 19.7 Å². The van der Waals surface area contributed by atoms with E-state index < -0.39 is 0 Å². The molecule has 2 nitrogen and oxygen atoms in total. The zero-order valence-electron chi connectivity index (χ0n) is 5.47. The van der Waals surface area contributed by atoms with Crippen LogP contribution in [0.4, 0.5) is 0 Å². The first-order valence-electron chi connectivity index (χ1n) is 2.82. The first-order valence-corrected chi connectivity index (χ1v) is 4.04. The van der Waals surface area contributed by atoms with Crippen LogP contribution in [0.3, 0.4) is 0 Å². The van der Waals surface area contributed by atoms with E-state index in [2.05, 4.69) is 11.4 Å². The van der Waals surface area contributed by atoms with Gasteiger partial charge in [0, 0.05) is 18.0 Å². The van der Waals surface area contributed by atoms with E-state index in [0.717, 1.165) is 10.2 Å². The van der Waals surface area contributed by atoms with Gasteiger partial charge in [-0.3, -0.25) is 0 Å². The monoisotopic (exact) mass is 161 g/mol. The van der Waals surface area contributed by atoms with Crippen LogP contribution in [0.25, 0.3) is 0 Å². The van der Waals surface area contributed by atoms with Crippen LogP contribution in [0.15, 0.2) is 0 Å². The molecule has 1 aromatic heterocycles. The second-order valence-corrected chi connectivity index (χ2v) is 3.30. The molecule has 0 fully saturated rings. The number of aromatic amines is 1. The highest BCUT2D eigenvalue weighted by atomic mass is 32.2. The Morgan fingerprint density at radius 2 is 2.44 bits per heavy atom. The molecule has 1 heterocycles. The zero-order chi connectivity index (χ0) is 6.85. The molecular formula is C5H9N2S2+. The zero-order valence-corrected chi connectivity index (χ0v) is 7.10. The van der Waals surface area contributed by atoms with Crippen LogP contribution in [0.2, 0.25) is 0 Å². The van der Waals surface area contributed by atoms with E-state index >= 15 is 0 Å². The minimum Gasteiger partial charge on any atom is -0.116 e. The fraction of sp³-hybridized carbons (Fsp3) is 0.600. The second kappa shape index (κ2) is 2.58. The minimum absolute atomic E-state index is 0.972. The molecule has 0 radical (unpaired) electrons.